The molecular weight excluding hydrogens is 612 g/mol. The number of fused-ring (bicyclic) bond motifs is 1. The Balaban J connectivity index is 1.74. The van der Waals surface area contributed by atoms with E-state index in [4.69, 9.17) is 4.74 Å². The van der Waals surface area contributed by atoms with E-state index in [9.17, 15) is 32.4 Å². The molecule has 1 aromatic carbocycles. The van der Waals surface area contributed by atoms with Gasteiger partial charge in [-0.25, -0.2) is 13.2 Å². The number of hydrogen-bond donors (Lipinski definition) is 3. The molecule has 13 heteroatoms. The molecule has 0 spiro atoms. The Morgan fingerprint density at radius 2 is 1.61 bits per heavy atom. The van der Waals surface area contributed by atoms with Gasteiger partial charge < -0.3 is 25.6 Å². The van der Waals surface area contributed by atoms with E-state index < -0.39 is 74.3 Å². The van der Waals surface area contributed by atoms with Crippen LogP contribution in [0.5, 0.6) is 0 Å². The SMILES string of the molecule is CCCC(NC(=O)[C@@H]1[C@@H]2C(CN1C(=O)[C@@H](NC(=O)OC(C)(C)C)C(C)(C)C)C2(C)C)C(=O)C(=O)NCCS(=O)(=O)c1ccccc1. The monoisotopic (exact) mass is 662 g/mol. The molecule has 256 valence electrons. The third kappa shape index (κ3) is 8.65. The van der Waals surface area contributed by atoms with Gasteiger partial charge in [0.2, 0.25) is 17.6 Å². The van der Waals surface area contributed by atoms with E-state index in [0.29, 0.717) is 13.0 Å². The van der Waals surface area contributed by atoms with Crippen molar-refractivity contribution in [1.82, 2.24) is 20.9 Å². The number of sulfone groups is 1. The summed E-state index contributed by atoms with van der Waals surface area (Å²) >= 11 is 0. The average molecular weight is 663 g/mol. The maximum atomic E-state index is 14.0. The number of ether oxygens (including phenoxy) is 1. The third-order valence-electron chi connectivity index (χ3n) is 8.73. The number of nitrogens with one attached hydrogen (secondary N) is 3. The number of alkyl carbamates (subject to hydrolysis) is 1. The molecule has 3 N–H and O–H groups in total. The highest BCUT2D eigenvalue weighted by Gasteiger charge is 2.70. The van der Waals surface area contributed by atoms with E-state index >= 15 is 0 Å². The molecule has 0 aromatic heterocycles. The first-order chi connectivity index (χ1) is 21.1. The van der Waals surface area contributed by atoms with Crippen LogP contribution in [0.1, 0.15) is 75.2 Å². The number of Topliss-reactive ketones (excluding diaryl/α,β-unsaturated/α-hetero) is 1. The van der Waals surface area contributed by atoms with Gasteiger partial charge in [0.15, 0.2) is 9.84 Å². The van der Waals surface area contributed by atoms with Gasteiger partial charge in [-0.2, -0.15) is 0 Å². The van der Waals surface area contributed by atoms with Crippen LogP contribution in [0.3, 0.4) is 0 Å². The van der Waals surface area contributed by atoms with Crippen molar-refractivity contribution in [3.8, 4) is 0 Å². The summed E-state index contributed by atoms with van der Waals surface area (Å²) in [5.41, 5.74) is -1.72. The zero-order valence-corrected chi connectivity index (χ0v) is 29.2. The summed E-state index contributed by atoms with van der Waals surface area (Å²) in [4.78, 5) is 68.2. The van der Waals surface area contributed by atoms with E-state index in [1.165, 1.54) is 17.0 Å². The van der Waals surface area contributed by atoms with Crippen LogP contribution in [-0.4, -0.2) is 85.5 Å². The van der Waals surface area contributed by atoms with E-state index in [1.807, 2.05) is 34.6 Å². The minimum Gasteiger partial charge on any atom is -0.444 e. The molecule has 4 amide bonds. The van der Waals surface area contributed by atoms with Gasteiger partial charge in [-0.1, -0.05) is 66.2 Å². The molecule has 1 aromatic rings. The Hall–Kier alpha value is -3.48. The van der Waals surface area contributed by atoms with Crippen molar-refractivity contribution in [2.24, 2.45) is 22.7 Å². The van der Waals surface area contributed by atoms with Crippen LogP contribution in [0.4, 0.5) is 4.79 Å². The first-order valence-corrected chi connectivity index (χ1v) is 17.5. The zero-order valence-electron chi connectivity index (χ0n) is 28.4. The van der Waals surface area contributed by atoms with Crippen LogP contribution in [0.2, 0.25) is 0 Å². The van der Waals surface area contributed by atoms with Gasteiger partial charge in [-0.15, -0.1) is 0 Å². The van der Waals surface area contributed by atoms with Gasteiger partial charge >= 0.3 is 6.09 Å². The topological polar surface area (TPSA) is 168 Å². The lowest BCUT2D eigenvalue weighted by molar-refractivity contribution is -0.145. The smallest absolute Gasteiger partial charge is 0.408 e. The van der Waals surface area contributed by atoms with Crippen molar-refractivity contribution in [2.45, 2.75) is 104 Å². The molecule has 5 atom stereocenters. The fourth-order valence-electron chi connectivity index (χ4n) is 6.16. The Morgan fingerprint density at radius 3 is 2.15 bits per heavy atom. The van der Waals surface area contributed by atoms with Crippen LogP contribution < -0.4 is 16.0 Å². The molecule has 0 bridgehead atoms. The number of carbonyl (C=O) groups is 5. The lowest BCUT2D eigenvalue weighted by Gasteiger charge is -2.38. The summed E-state index contributed by atoms with van der Waals surface area (Å²) in [5, 5.41) is 7.81. The predicted octanol–water partition coefficient (Wildman–Crippen LogP) is 2.85. The van der Waals surface area contributed by atoms with Gasteiger partial charge in [0, 0.05) is 13.1 Å². The first kappa shape index (κ1) is 37.0. The second kappa shape index (κ2) is 13.7. The molecule has 2 aliphatic rings. The quantitative estimate of drug-likeness (QED) is 0.287. The van der Waals surface area contributed by atoms with E-state index in [1.54, 1.807) is 45.9 Å². The van der Waals surface area contributed by atoms with Crippen molar-refractivity contribution < 1.29 is 37.1 Å². The molecular formula is C33H50N4O8S. The first-order valence-electron chi connectivity index (χ1n) is 15.8. The molecule has 46 heavy (non-hydrogen) atoms. The number of rotatable bonds is 12. The van der Waals surface area contributed by atoms with Gasteiger partial charge in [0.25, 0.3) is 5.91 Å². The highest BCUT2D eigenvalue weighted by atomic mass is 32.2. The van der Waals surface area contributed by atoms with Crippen molar-refractivity contribution in [3.05, 3.63) is 30.3 Å². The summed E-state index contributed by atoms with van der Waals surface area (Å²) in [5.74, 6) is -3.41. The second-order valence-corrected chi connectivity index (χ2v) is 17.0. The number of likely N-dealkylation sites (tertiary alicyclic amines) is 1. The molecule has 1 saturated heterocycles. The lowest BCUT2D eigenvalue weighted by Crippen LogP contribution is -2.60. The highest BCUT2D eigenvalue weighted by Crippen LogP contribution is 2.65. The maximum absolute atomic E-state index is 14.0. The van der Waals surface area contributed by atoms with Crippen molar-refractivity contribution in [2.75, 3.05) is 18.8 Å². The summed E-state index contributed by atoms with van der Waals surface area (Å²) < 4.78 is 30.5. The number of benzene rings is 1. The van der Waals surface area contributed by atoms with Gasteiger partial charge in [-0.05, 0) is 62.0 Å². The molecule has 0 radical (unpaired) electrons. The molecule has 2 unspecified atom stereocenters. The summed E-state index contributed by atoms with van der Waals surface area (Å²) in [6.07, 6.45) is -0.102. The van der Waals surface area contributed by atoms with E-state index in [2.05, 4.69) is 16.0 Å². The lowest BCUT2D eigenvalue weighted by atomic mass is 9.85. The fourth-order valence-corrected chi connectivity index (χ4v) is 7.34. The highest BCUT2D eigenvalue weighted by molar-refractivity contribution is 7.91. The molecule has 2 fully saturated rings. The zero-order chi connectivity index (χ0) is 34.8. The number of amides is 4. The minimum atomic E-state index is -3.67. The van der Waals surface area contributed by atoms with Crippen molar-refractivity contribution >= 4 is 39.4 Å². The number of carbonyl (C=O) groups excluding carboxylic acids is 5. The molecule has 12 nitrogen and oxygen atoms in total. The van der Waals surface area contributed by atoms with Crippen molar-refractivity contribution in [3.63, 3.8) is 0 Å². The van der Waals surface area contributed by atoms with Gasteiger partial charge in [0.05, 0.1) is 16.7 Å². The predicted molar refractivity (Wildman–Crippen MR) is 172 cm³/mol. The molecule has 1 aliphatic carbocycles. The standard InChI is InChI=1S/C33H50N4O8S/c1-10-14-22(25(38)28(40)34-17-18-46(43,44)20-15-12-11-13-16-20)35-27(39)24-23-21(33(23,8)9)19-37(24)29(41)26(31(2,3)4)36-30(42)45-32(5,6)7/h11-13,15-16,21-24,26H,10,14,17-19H2,1-9H3,(H,34,40)(H,35,39)(H,36,42)/t21?,22?,23-,24-,26+/m0/s1. The van der Waals surface area contributed by atoms with Crippen LogP contribution >= 0.6 is 0 Å². The Labute approximate surface area is 272 Å². The molecule has 1 aliphatic heterocycles. The van der Waals surface area contributed by atoms with Crippen LogP contribution in [-0.2, 0) is 33.8 Å². The average Bonchev–Trinajstić information content (AvgIpc) is 3.26. The molecule has 3 rings (SSSR count). The van der Waals surface area contributed by atoms with Crippen LogP contribution in [0, 0.1) is 22.7 Å². The fraction of sp³-hybridized carbons (Fsp3) is 0.667. The maximum Gasteiger partial charge on any atom is 0.408 e. The summed E-state index contributed by atoms with van der Waals surface area (Å²) in [6.45, 7) is 16.5. The summed E-state index contributed by atoms with van der Waals surface area (Å²) in [7, 11) is -3.67. The Kier molecular flexibility index (Phi) is 11.0. The number of ketones is 1. The number of hydrogen-bond acceptors (Lipinski definition) is 8. The van der Waals surface area contributed by atoms with E-state index in [0.717, 1.165) is 0 Å². The second-order valence-electron chi connectivity index (χ2n) is 14.9. The van der Waals surface area contributed by atoms with Gasteiger partial charge in [-0.3, -0.25) is 19.2 Å². The molecule has 1 heterocycles. The Bertz CT molecular complexity index is 1430. The minimum absolute atomic E-state index is 0.0459. The van der Waals surface area contributed by atoms with Gasteiger partial charge in [0.1, 0.15) is 17.7 Å². The third-order valence-corrected chi connectivity index (χ3v) is 10.5. The largest absolute Gasteiger partial charge is 0.444 e. The molecule has 1 saturated carbocycles. The summed E-state index contributed by atoms with van der Waals surface area (Å²) in [6, 6.07) is 4.71. The number of nitrogens with zero attached hydrogens (tertiary/aromatic N) is 1. The normalized spacial score (nSPS) is 21.8. The van der Waals surface area contributed by atoms with Crippen LogP contribution in [0.25, 0.3) is 0 Å². The van der Waals surface area contributed by atoms with Crippen molar-refractivity contribution in [1.29, 1.82) is 0 Å². The van der Waals surface area contributed by atoms with Crippen LogP contribution in [0.15, 0.2) is 35.2 Å². The number of piperidine rings is 1. The van der Waals surface area contributed by atoms with E-state index in [-0.39, 0.29) is 35.1 Å². The Morgan fingerprint density at radius 1 is 1.00 bits per heavy atom.